The van der Waals surface area contributed by atoms with E-state index in [1.165, 1.54) is 13.8 Å². The first kappa shape index (κ1) is 11.5. The Hall–Kier alpha value is -0.276. The number of hydrogen-bond donors (Lipinski definition) is 0. The summed E-state index contributed by atoms with van der Waals surface area (Å²) in [5, 5.41) is 9.48. The molecule has 3 nitrogen and oxygen atoms in total. The van der Waals surface area contributed by atoms with Crippen LogP contribution in [0.25, 0.3) is 0 Å². The minimum absolute atomic E-state index is 0. The van der Waals surface area contributed by atoms with Gasteiger partial charge < -0.3 is 5.26 Å². The number of ketones is 2. The predicted octanol–water partition coefficient (Wildman–Crippen LogP) is -0.637. The van der Waals surface area contributed by atoms with Gasteiger partial charge in [0.1, 0.15) is 12.2 Å². The van der Waals surface area contributed by atoms with Crippen LogP contribution < -0.4 is 5.26 Å². The molecule has 0 heterocycles. The number of Topliss-reactive ketones (excluding diaryl/α,β-unsaturated/α-hetero) is 1. The van der Waals surface area contributed by atoms with Gasteiger partial charge in [0, 0.05) is 18.6 Å². The van der Waals surface area contributed by atoms with E-state index in [2.05, 4.69) is 4.58 Å². The minimum Gasteiger partial charge on any atom is -0.463 e. The molecule has 0 N–H and O–H groups in total. The van der Waals surface area contributed by atoms with Gasteiger partial charge in [0.2, 0.25) is 0 Å². The number of carbonyl (C=O) groups is 1. The molecular weight excluding hydrogens is 159 g/mol. The molecule has 0 amide bonds. The monoisotopic (exact) mass is 167 g/mol. The largest absolute Gasteiger partial charge is 0.463 e. The van der Waals surface area contributed by atoms with Gasteiger partial charge in [0.25, 0.3) is 0 Å². The summed E-state index contributed by atoms with van der Waals surface area (Å²) in [5.74, 6) is 0.163. The fourth-order valence-corrected chi connectivity index (χ4v) is 0.380. The SMILES string of the molecule is CC(=O)CC(C)=[O+][O-].[V]. The summed E-state index contributed by atoms with van der Waals surface area (Å²) in [6, 6.07) is 0. The molecule has 4 heteroatoms. The van der Waals surface area contributed by atoms with Crippen LogP contribution in [0.3, 0.4) is 0 Å². The second-order valence-electron chi connectivity index (χ2n) is 1.66. The fraction of sp³-hybridized carbons (Fsp3) is 0.600. The van der Waals surface area contributed by atoms with E-state index in [9.17, 15) is 10.1 Å². The molecular formula is C5H8O3V. The minimum atomic E-state index is -0.0571. The van der Waals surface area contributed by atoms with Gasteiger partial charge in [-0.3, -0.25) is 4.79 Å². The Morgan fingerprint density at radius 1 is 1.56 bits per heavy atom. The molecule has 0 fully saturated rings. The fourth-order valence-electron chi connectivity index (χ4n) is 0.380. The molecule has 51 valence electrons. The van der Waals surface area contributed by atoms with Crippen LogP contribution in [0.5, 0.6) is 0 Å². The third-order valence-electron chi connectivity index (χ3n) is 0.640. The van der Waals surface area contributed by atoms with E-state index in [0.717, 1.165) is 0 Å². The molecule has 9 heavy (non-hydrogen) atoms. The summed E-state index contributed by atoms with van der Waals surface area (Å²) < 4.78 is 3.51. The van der Waals surface area contributed by atoms with E-state index in [0.29, 0.717) is 0 Å². The first-order chi connectivity index (χ1) is 3.66. The maximum atomic E-state index is 10.2. The molecule has 0 unspecified atom stereocenters. The quantitative estimate of drug-likeness (QED) is 0.238. The number of hydrogen-bond acceptors (Lipinski definition) is 2. The summed E-state index contributed by atoms with van der Waals surface area (Å²) in [7, 11) is 0. The molecule has 0 aliphatic heterocycles. The molecule has 0 aromatic carbocycles. The Labute approximate surface area is 65.6 Å². The van der Waals surface area contributed by atoms with Crippen LogP contribution in [0.2, 0.25) is 0 Å². The van der Waals surface area contributed by atoms with E-state index in [1.54, 1.807) is 0 Å². The average Bonchev–Trinajstić information content (AvgIpc) is 1.65. The molecule has 0 spiro atoms. The van der Waals surface area contributed by atoms with Crippen molar-refractivity contribution in [3.63, 3.8) is 0 Å². The normalized spacial score (nSPS) is 10.2. The second-order valence-corrected chi connectivity index (χ2v) is 1.66. The average molecular weight is 167 g/mol. The first-order valence-electron chi connectivity index (χ1n) is 2.28. The van der Waals surface area contributed by atoms with Gasteiger partial charge in [0.15, 0.2) is 0 Å². The van der Waals surface area contributed by atoms with E-state index in [1.807, 2.05) is 0 Å². The Morgan fingerprint density at radius 3 is 2.11 bits per heavy atom. The first-order valence-corrected chi connectivity index (χ1v) is 2.28. The number of rotatable bonds is 2. The van der Waals surface area contributed by atoms with Crippen molar-refractivity contribution in [3.8, 4) is 0 Å². The van der Waals surface area contributed by atoms with Gasteiger partial charge in [-0.1, -0.05) is 0 Å². The van der Waals surface area contributed by atoms with E-state index in [4.69, 9.17) is 0 Å². The maximum Gasteiger partial charge on any atom is 0.333 e. The van der Waals surface area contributed by atoms with Gasteiger partial charge >= 0.3 is 5.78 Å². The molecule has 0 rings (SSSR count). The topological polar surface area (TPSA) is 51.4 Å². The van der Waals surface area contributed by atoms with Crippen molar-refractivity contribution in [3.05, 3.63) is 0 Å². The number of carbonyl (C=O) groups excluding carboxylic acids is 2. The van der Waals surface area contributed by atoms with Crippen LogP contribution in [0.4, 0.5) is 0 Å². The van der Waals surface area contributed by atoms with Crippen molar-refractivity contribution in [2.75, 3.05) is 0 Å². The van der Waals surface area contributed by atoms with Crippen molar-refractivity contribution in [2.45, 2.75) is 20.3 Å². The van der Waals surface area contributed by atoms with Crippen LogP contribution in [0.1, 0.15) is 20.3 Å². The van der Waals surface area contributed by atoms with Crippen LogP contribution in [-0.2, 0) is 27.9 Å². The molecule has 1 radical (unpaired) electrons. The van der Waals surface area contributed by atoms with Crippen LogP contribution in [-0.4, -0.2) is 11.6 Å². The standard InChI is InChI=1S/C5H8O3.V/c1-4(6)3-5(2)8-7;/h3H2,1-2H3;. The van der Waals surface area contributed by atoms with E-state index in [-0.39, 0.29) is 36.5 Å². The molecule has 0 bridgehead atoms. The van der Waals surface area contributed by atoms with Crippen LogP contribution >= 0.6 is 0 Å². The summed E-state index contributed by atoms with van der Waals surface area (Å²) in [5.41, 5.74) is 0. The van der Waals surface area contributed by atoms with Gasteiger partial charge in [0.05, 0.1) is 6.92 Å². The summed E-state index contributed by atoms with van der Waals surface area (Å²) >= 11 is 0. The van der Waals surface area contributed by atoms with Gasteiger partial charge in [-0.05, 0) is 6.92 Å². The van der Waals surface area contributed by atoms with Crippen molar-refractivity contribution >= 4 is 11.6 Å². The summed E-state index contributed by atoms with van der Waals surface area (Å²) in [4.78, 5) is 10.2. The third kappa shape index (κ3) is 7.72. The van der Waals surface area contributed by atoms with Gasteiger partial charge in [-0.25, -0.2) is 0 Å². The van der Waals surface area contributed by atoms with Crippen molar-refractivity contribution in [1.29, 1.82) is 0 Å². The van der Waals surface area contributed by atoms with Crippen LogP contribution in [0.15, 0.2) is 0 Å². The zero-order chi connectivity index (χ0) is 6.57. The molecule has 0 aliphatic carbocycles. The van der Waals surface area contributed by atoms with Crippen molar-refractivity contribution < 1.29 is 33.2 Å². The Balaban J connectivity index is 0. The molecule has 0 aliphatic rings. The smallest absolute Gasteiger partial charge is 0.333 e. The Morgan fingerprint density at radius 2 is 2.00 bits per heavy atom. The molecule has 0 saturated carbocycles. The Kier molecular flexibility index (Phi) is 7.49. The molecule has 0 aromatic heterocycles. The third-order valence-corrected chi connectivity index (χ3v) is 0.640. The second kappa shape index (κ2) is 5.85. The molecule has 0 saturated heterocycles. The van der Waals surface area contributed by atoms with Gasteiger partial charge in [-0.15, -0.1) is 0 Å². The Bertz CT molecular complexity index is 119. The predicted molar refractivity (Wildman–Crippen MR) is 26.0 cm³/mol. The van der Waals surface area contributed by atoms with E-state index < -0.39 is 0 Å². The van der Waals surface area contributed by atoms with Crippen molar-refractivity contribution in [1.82, 2.24) is 0 Å². The zero-order valence-electron chi connectivity index (χ0n) is 5.38. The molecule has 0 aromatic rings. The van der Waals surface area contributed by atoms with Gasteiger partial charge in [-0.2, -0.15) is 4.58 Å². The molecule has 0 atom stereocenters. The summed E-state index contributed by atoms with van der Waals surface area (Å²) in [6.45, 7) is 2.89. The van der Waals surface area contributed by atoms with E-state index >= 15 is 0 Å². The maximum absolute atomic E-state index is 10.2. The van der Waals surface area contributed by atoms with Crippen molar-refractivity contribution in [2.24, 2.45) is 0 Å². The summed E-state index contributed by atoms with van der Waals surface area (Å²) in [6.07, 6.45) is 0.128. The zero-order valence-corrected chi connectivity index (χ0v) is 6.78. The van der Waals surface area contributed by atoms with Crippen LogP contribution in [0, 0.1) is 0 Å².